The van der Waals surface area contributed by atoms with Gasteiger partial charge in [-0.3, -0.25) is 14.2 Å². The number of rotatable bonds is 6. The molecule has 1 atom stereocenters. The van der Waals surface area contributed by atoms with Crippen LogP contribution in [0.3, 0.4) is 0 Å². The number of anilines is 1. The molecule has 3 aromatic carbocycles. The number of thiazole rings is 1. The van der Waals surface area contributed by atoms with E-state index < -0.39 is 6.04 Å². The van der Waals surface area contributed by atoms with E-state index >= 15 is 0 Å². The number of benzene rings is 3. The highest BCUT2D eigenvalue weighted by atomic mass is 35.5. The summed E-state index contributed by atoms with van der Waals surface area (Å²) < 4.78 is 13.5. The quantitative estimate of drug-likeness (QED) is 0.238. The zero-order valence-electron chi connectivity index (χ0n) is 22.4. The summed E-state index contributed by atoms with van der Waals surface area (Å²) in [5.41, 5.74) is 2.70. The van der Waals surface area contributed by atoms with E-state index in [0.29, 0.717) is 53.6 Å². The van der Waals surface area contributed by atoms with Crippen LogP contribution in [-0.4, -0.2) is 17.6 Å². The number of nitrogens with zero attached hydrogens (tertiary/aromatic N) is 2. The van der Waals surface area contributed by atoms with E-state index in [2.05, 4.69) is 5.32 Å². The summed E-state index contributed by atoms with van der Waals surface area (Å²) in [6, 6.07) is 24.6. The smallest absolute Gasteiger partial charge is 0.271 e. The van der Waals surface area contributed by atoms with Crippen LogP contribution in [0, 0.1) is 0 Å². The number of carbonyl (C=O) groups excluding carboxylic acids is 1. The molecule has 0 saturated carbocycles. The van der Waals surface area contributed by atoms with Crippen molar-refractivity contribution in [2.45, 2.75) is 13.0 Å². The number of allylic oxidation sites excluding steroid dienone is 1. The van der Waals surface area contributed by atoms with Crippen LogP contribution in [0.5, 0.6) is 5.75 Å². The van der Waals surface area contributed by atoms with Crippen molar-refractivity contribution in [1.82, 2.24) is 4.57 Å². The molecule has 0 fully saturated rings. The molecule has 42 heavy (non-hydrogen) atoms. The molecular weight excluding hydrogens is 593 g/mol. The lowest BCUT2D eigenvalue weighted by Crippen LogP contribution is -2.40. The van der Waals surface area contributed by atoms with Crippen molar-refractivity contribution in [3.63, 3.8) is 0 Å². The van der Waals surface area contributed by atoms with Crippen molar-refractivity contribution in [2.75, 3.05) is 12.4 Å². The second kappa shape index (κ2) is 11.5. The van der Waals surface area contributed by atoms with Gasteiger partial charge in [0, 0.05) is 17.3 Å². The lowest BCUT2D eigenvalue weighted by Gasteiger charge is -2.25. The number of amides is 1. The summed E-state index contributed by atoms with van der Waals surface area (Å²) in [5, 5.41) is 3.82. The summed E-state index contributed by atoms with van der Waals surface area (Å²) in [7, 11) is 1.57. The van der Waals surface area contributed by atoms with Gasteiger partial charge in [0.2, 0.25) is 0 Å². The van der Waals surface area contributed by atoms with E-state index in [1.807, 2.05) is 48.5 Å². The first-order chi connectivity index (χ1) is 20.3. The Morgan fingerprint density at radius 3 is 2.60 bits per heavy atom. The summed E-state index contributed by atoms with van der Waals surface area (Å²) in [5.74, 6) is 1.33. The summed E-state index contributed by atoms with van der Waals surface area (Å²) in [6.45, 7) is 1.78. The Hall–Kier alpha value is -4.37. The zero-order valence-corrected chi connectivity index (χ0v) is 24.8. The number of hydrogen-bond acceptors (Lipinski definition) is 6. The molecule has 1 aliphatic heterocycles. The van der Waals surface area contributed by atoms with E-state index in [1.165, 1.54) is 11.3 Å². The number of nitrogens with one attached hydrogen (secondary N) is 1. The zero-order chi connectivity index (χ0) is 29.4. The summed E-state index contributed by atoms with van der Waals surface area (Å²) in [4.78, 5) is 32.8. The highest BCUT2D eigenvalue weighted by Gasteiger charge is 2.32. The van der Waals surface area contributed by atoms with Gasteiger partial charge in [0.1, 0.15) is 17.3 Å². The molecule has 1 aliphatic rings. The number of hydrogen-bond donors (Lipinski definition) is 1. The van der Waals surface area contributed by atoms with Crippen LogP contribution in [0.1, 0.15) is 24.3 Å². The monoisotopic (exact) mass is 615 g/mol. The fourth-order valence-electron chi connectivity index (χ4n) is 4.82. The molecule has 0 unspecified atom stereocenters. The van der Waals surface area contributed by atoms with Crippen LogP contribution in [0.2, 0.25) is 10.0 Å². The van der Waals surface area contributed by atoms with Gasteiger partial charge in [-0.25, -0.2) is 4.99 Å². The number of carbonyl (C=O) groups is 1. The van der Waals surface area contributed by atoms with E-state index in [0.717, 1.165) is 11.1 Å². The van der Waals surface area contributed by atoms with Crippen LogP contribution in [-0.2, 0) is 4.79 Å². The highest BCUT2D eigenvalue weighted by molar-refractivity contribution is 7.07. The molecule has 10 heteroatoms. The largest absolute Gasteiger partial charge is 0.497 e. The first-order valence-electron chi connectivity index (χ1n) is 12.9. The first kappa shape index (κ1) is 27.8. The second-order valence-electron chi connectivity index (χ2n) is 9.51. The topological polar surface area (TPSA) is 85.8 Å². The molecule has 7 nitrogen and oxygen atoms in total. The molecule has 1 amide bonds. The van der Waals surface area contributed by atoms with Gasteiger partial charge in [0.25, 0.3) is 11.5 Å². The molecule has 210 valence electrons. The number of aromatic nitrogens is 1. The van der Waals surface area contributed by atoms with Crippen molar-refractivity contribution in [3.8, 4) is 17.1 Å². The Morgan fingerprint density at radius 2 is 1.83 bits per heavy atom. The number of ether oxygens (including phenoxy) is 1. The minimum Gasteiger partial charge on any atom is -0.497 e. The molecule has 0 radical (unpaired) electrons. The normalized spacial score (nSPS) is 14.9. The Morgan fingerprint density at radius 1 is 1.02 bits per heavy atom. The molecule has 5 aromatic rings. The van der Waals surface area contributed by atoms with Crippen LogP contribution < -0.4 is 24.9 Å². The van der Waals surface area contributed by atoms with Gasteiger partial charge in [0.05, 0.1) is 39.0 Å². The maximum atomic E-state index is 14.0. The van der Waals surface area contributed by atoms with Crippen molar-refractivity contribution >= 4 is 52.2 Å². The molecule has 0 bridgehead atoms. The third-order valence-electron chi connectivity index (χ3n) is 6.81. The third kappa shape index (κ3) is 5.32. The standard InChI is InChI=1S/C32H23Cl2N3O4S/c1-18-28(30(38)36-21-8-4-3-5-9-21)29(20-7-6-10-22(15-20)40-2)37-31(39)27(42-32(37)35-18)17-23-12-14-26(41-23)19-11-13-24(33)25(34)16-19/h3-17,29H,1-2H3,(H,36,38)/b27-17-/t29-/m1/s1. The van der Waals surface area contributed by atoms with E-state index in [9.17, 15) is 9.59 Å². The van der Waals surface area contributed by atoms with Crippen molar-refractivity contribution < 1.29 is 13.9 Å². The number of halogens is 2. The van der Waals surface area contributed by atoms with Gasteiger partial charge in [-0.15, -0.1) is 0 Å². The van der Waals surface area contributed by atoms with Gasteiger partial charge in [-0.1, -0.05) is 64.9 Å². The van der Waals surface area contributed by atoms with Crippen molar-refractivity contribution in [3.05, 3.63) is 137 Å². The Balaban J connectivity index is 1.45. The molecule has 6 rings (SSSR count). The predicted octanol–water partition coefficient (Wildman–Crippen LogP) is 6.45. The van der Waals surface area contributed by atoms with E-state index in [4.69, 9.17) is 37.3 Å². The fourth-order valence-corrected chi connectivity index (χ4v) is 6.15. The Bertz CT molecular complexity index is 2040. The number of methoxy groups -OCH3 is 1. The average Bonchev–Trinajstić information content (AvgIpc) is 3.58. The molecule has 3 heterocycles. The van der Waals surface area contributed by atoms with Gasteiger partial charge < -0.3 is 14.5 Å². The Labute approximate surface area is 254 Å². The number of furan rings is 1. The molecule has 0 aliphatic carbocycles. The first-order valence-corrected chi connectivity index (χ1v) is 14.5. The lowest BCUT2D eigenvalue weighted by molar-refractivity contribution is -0.113. The summed E-state index contributed by atoms with van der Waals surface area (Å²) in [6.07, 6.45) is 1.68. The predicted molar refractivity (Wildman–Crippen MR) is 166 cm³/mol. The highest BCUT2D eigenvalue weighted by Crippen LogP contribution is 2.33. The average molecular weight is 617 g/mol. The van der Waals surface area contributed by atoms with Crippen LogP contribution in [0.4, 0.5) is 5.69 Å². The maximum Gasteiger partial charge on any atom is 0.271 e. The minimum atomic E-state index is -0.731. The van der Waals surface area contributed by atoms with Crippen LogP contribution in [0.25, 0.3) is 17.4 Å². The molecule has 0 spiro atoms. The lowest BCUT2D eigenvalue weighted by atomic mass is 9.95. The van der Waals surface area contributed by atoms with Gasteiger partial charge >= 0.3 is 0 Å². The third-order valence-corrected chi connectivity index (χ3v) is 8.53. The van der Waals surface area contributed by atoms with Gasteiger partial charge in [0.15, 0.2) is 4.80 Å². The fraction of sp³-hybridized carbons (Fsp3) is 0.0938. The molecule has 0 saturated heterocycles. The molecule has 1 N–H and O–H groups in total. The van der Waals surface area contributed by atoms with Crippen LogP contribution >= 0.6 is 34.5 Å². The summed E-state index contributed by atoms with van der Waals surface area (Å²) >= 11 is 13.5. The second-order valence-corrected chi connectivity index (χ2v) is 11.3. The van der Waals surface area contributed by atoms with E-state index in [1.54, 1.807) is 61.1 Å². The SMILES string of the molecule is COc1cccc([C@@H]2C(C(=O)Nc3ccccc3)=C(C)N=c3s/c(=C\c4ccc(-c5ccc(Cl)c(Cl)c5)o4)c(=O)n32)c1. The van der Waals surface area contributed by atoms with Gasteiger partial charge in [-0.2, -0.15) is 0 Å². The van der Waals surface area contributed by atoms with Crippen molar-refractivity contribution in [1.29, 1.82) is 0 Å². The minimum absolute atomic E-state index is 0.295. The van der Waals surface area contributed by atoms with Gasteiger partial charge in [-0.05, 0) is 67.1 Å². The maximum absolute atomic E-state index is 14.0. The molecule has 2 aromatic heterocycles. The van der Waals surface area contributed by atoms with Crippen molar-refractivity contribution in [2.24, 2.45) is 4.99 Å². The van der Waals surface area contributed by atoms with E-state index in [-0.39, 0.29) is 11.5 Å². The number of fused-ring (bicyclic) bond motifs is 1. The molecular formula is C32H23Cl2N3O4S. The van der Waals surface area contributed by atoms with Crippen LogP contribution in [0.15, 0.2) is 110 Å². The number of para-hydroxylation sites is 1. The Kier molecular flexibility index (Phi) is 7.60.